The fourth-order valence-electron chi connectivity index (χ4n) is 1.69. The van der Waals surface area contributed by atoms with Gasteiger partial charge in [0.25, 0.3) is 0 Å². The Balaban J connectivity index is 2.41. The first-order valence-corrected chi connectivity index (χ1v) is 6.92. The Bertz CT molecular complexity index is 350. The molecule has 1 rings (SSSR count). The third kappa shape index (κ3) is 5.29. The minimum Gasteiger partial charge on any atom is -0.316 e. The van der Waals surface area contributed by atoms with Crippen molar-refractivity contribution in [3.05, 3.63) is 33.8 Å². The van der Waals surface area contributed by atoms with Crippen molar-refractivity contribution in [3.63, 3.8) is 0 Å². The maximum Gasteiger partial charge on any atom is 0.0595 e. The van der Waals surface area contributed by atoms with Crippen molar-refractivity contribution in [2.45, 2.75) is 33.1 Å². The second-order valence-electron chi connectivity index (χ2n) is 4.96. The van der Waals surface area contributed by atoms with Crippen LogP contribution in [0.5, 0.6) is 0 Å². The molecular weight excluding hydrogens is 253 g/mol. The second kappa shape index (κ2) is 7.25. The van der Waals surface area contributed by atoms with Gasteiger partial charge in [-0.2, -0.15) is 0 Å². The normalized spacial score (nSPS) is 13.1. The van der Waals surface area contributed by atoms with Crippen LogP contribution >= 0.6 is 23.2 Å². The van der Waals surface area contributed by atoms with Crippen molar-refractivity contribution < 1.29 is 0 Å². The van der Waals surface area contributed by atoms with Crippen molar-refractivity contribution in [3.8, 4) is 0 Å². The Labute approximate surface area is 115 Å². The molecule has 0 aliphatic rings. The second-order valence-corrected chi connectivity index (χ2v) is 5.78. The number of benzene rings is 1. The van der Waals surface area contributed by atoms with Crippen molar-refractivity contribution in [2.75, 3.05) is 13.1 Å². The van der Waals surface area contributed by atoms with Crippen molar-refractivity contribution in [1.82, 2.24) is 5.32 Å². The highest BCUT2D eigenvalue weighted by molar-refractivity contribution is 6.42. The smallest absolute Gasteiger partial charge is 0.0595 e. The fraction of sp³-hybridized carbons (Fsp3) is 0.571. The van der Waals surface area contributed by atoms with E-state index in [0.717, 1.165) is 19.5 Å². The average Bonchev–Trinajstić information content (AvgIpc) is 2.27. The Morgan fingerprint density at radius 3 is 2.41 bits per heavy atom. The first-order chi connectivity index (χ1) is 8.00. The summed E-state index contributed by atoms with van der Waals surface area (Å²) in [7, 11) is 0. The summed E-state index contributed by atoms with van der Waals surface area (Å²) in [5.74, 6) is 1.21. The third-order valence-corrected chi connectivity index (χ3v) is 3.56. The first-order valence-electron chi connectivity index (χ1n) is 6.16. The standard InChI is InChI=1S/C14H21Cl2N/c1-10(2)9-17-7-6-11(3)12-4-5-13(15)14(16)8-12/h4-5,8,10-11,17H,6-7,9H2,1-3H3. The molecule has 0 aromatic heterocycles. The number of rotatable bonds is 6. The number of hydrogen-bond donors (Lipinski definition) is 1. The van der Waals surface area contributed by atoms with E-state index in [1.165, 1.54) is 5.56 Å². The maximum absolute atomic E-state index is 6.01. The van der Waals surface area contributed by atoms with E-state index < -0.39 is 0 Å². The molecule has 0 heterocycles. The van der Waals surface area contributed by atoms with E-state index in [2.05, 4.69) is 32.2 Å². The maximum atomic E-state index is 6.01. The van der Waals surface area contributed by atoms with Crippen LogP contribution in [0.4, 0.5) is 0 Å². The van der Waals surface area contributed by atoms with E-state index in [4.69, 9.17) is 23.2 Å². The van der Waals surface area contributed by atoms with Crippen LogP contribution in [0.2, 0.25) is 10.0 Å². The zero-order chi connectivity index (χ0) is 12.8. The summed E-state index contributed by atoms with van der Waals surface area (Å²) in [6.07, 6.45) is 1.12. The van der Waals surface area contributed by atoms with Crippen LogP contribution in [0, 0.1) is 5.92 Å². The van der Waals surface area contributed by atoms with Crippen LogP contribution in [0.25, 0.3) is 0 Å². The molecule has 96 valence electrons. The van der Waals surface area contributed by atoms with Gasteiger partial charge in [-0.1, -0.05) is 50.0 Å². The summed E-state index contributed by atoms with van der Waals surface area (Å²) in [5, 5.41) is 4.72. The molecule has 1 aromatic rings. The topological polar surface area (TPSA) is 12.0 Å². The van der Waals surface area contributed by atoms with E-state index in [0.29, 0.717) is 21.9 Å². The third-order valence-electron chi connectivity index (χ3n) is 2.82. The molecule has 1 unspecified atom stereocenters. The van der Waals surface area contributed by atoms with Gasteiger partial charge in [-0.05, 0) is 49.0 Å². The van der Waals surface area contributed by atoms with Crippen LogP contribution in [-0.4, -0.2) is 13.1 Å². The number of halogens is 2. The molecule has 17 heavy (non-hydrogen) atoms. The molecule has 0 amide bonds. The molecule has 0 fully saturated rings. The van der Waals surface area contributed by atoms with Crippen LogP contribution in [-0.2, 0) is 0 Å². The molecule has 3 heteroatoms. The summed E-state index contributed by atoms with van der Waals surface area (Å²) >= 11 is 11.9. The fourth-order valence-corrected chi connectivity index (χ4v) is 2.00. The molecule has 0 aliphatic heterocycles. The van der Waals surface area contributed by atoms with Crippen LogP contribution in [0.15, 0.2) is 18.2 Å². The van der Waals surface area contributed by atoms with Gasteiger partial charge in [0, 0.05) is 0 Å². The summed E-state index contributed by atoms with van der Waals surface area (Å²) in [6, 6.07) is 5.90. The molecule has 0 saturated heterocycles. The lowest BCUT2D eigenvalue weighted by Gasteiger charge is -2.14. The van der Waals surface area contributed by atoms with Crippen molar-refractivity contribution in [1.29, 1.82) is 0 Å². The van der Waals surface area contributed by atoms with E-state index >= 15 is 0 Å². The van der Waals surface area contributed by atoms with E-state index in [1.54, 1.807) is 0 Å². The lowest BCUT2D eigenvalue weighted by atomic mass is 9.98. The van der Waals surface area contributed by atoms with Crippen molar-refractivity contribution >= 4 is 23.2 Å². The summed E-state index contributed by atoms with van der Waals surface area (Å²) < 4.78 is 0. The Kier molecular flexibility index (Phi) is 6.32. The van der Waals surface area contributed by atoms with Gasteiger partial charge >= 0.3 is 0 Å². The van der Waals surface area contributed by atoms with Crippen molar-refractivity contribution in [2.24, 2.45) is 5.92 Å². The highest BCUT2D eigenvalue weighted by atomic mass is 35.5. The first kappa shape index (κ1) is 14.8. The minimum absolute atomic E-state index is 0.504. The Morgan fingerprint density at radius 1 is 1.12 bits per heavy atom. The SMILES string of the molecule is CC(C)CNCCC(C)c1ccc(Cl)c(Cl)c1. The Morgan fingerprint density at radius 2 is 1.82 bits per heavy atom. The number of hydrogen-bond acceptors (Lipinski definition) is 1. The zero-order valence-corrected chi connectivity index (χ0v) is 12.3. The minimum atomic E-state index is 0.504. The predicted molar refractivity (Wildman–Crippen MR) is 77.2 cm³/mol. The molecule has 0 radical (unpaired) electrons. The molecule has 0 aliphatic carbocycles. The highest BCUT2D eigenvalue weighted by Crippen LogP contribution is 2.27. The molecule has 0 spiro atoms. The lowest BCUT2D eigenvalue weighted by molar-refractivity contribution is 0.525. The molecule has 1 N–H and O–H groups in total. The predicted octanol–water partition coefficient (Wildman–Crippen LogP) is 4.73. The van der Waals surface area contributed by atoms with E-state index in [9.17, 15) is 0 Å². The average molecular weight is 274 g/mol. The quantitative estimate of drug-likeness (QED) is 0.739. The monoisotopic (exact) mass is 273 g/mol. The van der Waals surface area contributed by atoms with Gasteiger partial charge in [0.1, 0.15) is 0 Å². The van der Waals surface area contributed by atoms with E-state index in [-0.39, 0.29) is 0 Å². The number of nitrogens with one attached hydrogen (secondary N) is 1. The van der Waals surface area contributed by atoms with Crippen LogP contribution in [0.3, 0.4) is 0 Å². The molecule has 0 saturated carbocycles. The molecule has 1 atom stereocenters. The summed E-state index contributed by atoms with van der Waals surface area (Å²) in [6.45, 7) is 8.77. The molecule has 1 aromatic carbocycles. The molecule has 0 bridgehead atoms. The van der Waals surface area contributed by atoms with Gasteiger partial charge in [0.05, 0.1) is 10.0 Å². The Hall–Kier alpha value is -0.240. The van der Waals surface area contributed by atoms with Gasteiger partial charge in [-0.3, -0.25) is 0 Å². The van der Waals surface area contributed by atoms with Gasteiger partial charge < -0.3 is 5.32 Å². The zero-order valence-electron chi connectivity index (χ0n) is 10.8. The van der Waals surface area contributed by atoms with Gasteiger partial charge in [0.15, 0.2) is 0 Å². The van der Waals surface area contributed by atoms with Gasteiger partial charge in [0.2, 0.25) is 0 Å². The molecular formula is C14H21Cl2N. The highest BCUT2D eigenvalue weighted by Gasteiger charge is 2.07. The van der Waals surface area contributed by atoms with Gasteiger partial charge in [-0.15, -0.1) is 0 Å². The lowest BCUT2D eigenvalue weighted by Crippen LogP contribution is -2.21. The molecule has 1 nitrogen and oxygen atoms in total. The summed E-state index contributed by atoms with van der Waals surface area (Å²) in [4.78, 5) is 0. The van der Waals surface area contributed by atoms with Crippen LogP contribution in [0.1, 0.15) is 38.7 Å². The summed E-state index contributed by atoms with van der Waals surface area (Å²) in [5.41, 5.74) is 1.26. The van der Waals surface area contributed by atoms with Crippen LogP contribution < -0.4 is 5.32 Å². The largest absolute Gasteiger partial charge is 0.316 e. The van der Waals surface area contributed by atoms with Gasteiger partial charge in [-0.25, -0.2) is 0 Å². The van der Waals surface area contributed by atoms with E-state index in [1.807, 2.05) is 12.1 Å².